The average molecular weight is 298 g/mol. The molecule has 0 spiro atoms. The van der Waals surface area contributed by atoms with Gasteiger partial charge in [-0.25, -0.2) is 0 Å². The van der Waals surface area contributed by atoms with Crippen LogP contribution in [0.15, 0.2) is 24.3 Å². The molecule has 3 atom stereocenters. The standard InChI is InChI=1S/C15H20ClNO3/c1-3-17(14-9-20-8-12(14)15(18)19)10(2)11-6-4-5-7-13(11)16/h4-7,10,12,14H,3,8-9H2,1-2H3,(H,18,19). The molecule has 1 aliphatic rings. The minimum Gasteiger partial charge on any atom is -0.481 e. The van der Waals surface area contributed by atoms with Gasteiger partial charge in [0.05, 0.1) is 19.1 Å². The molecule has 1 aliphatic heterocycles. The zero-order valence-corrected chi connectivity index (χ0v) is 12.5. The summed E-state index contributed by atoms with van der Waals surface area (Å²) < 4.78 is 5.37. The van der Waals surface area contributed by atoms with Crippen LogP contribution in [-0.4, -0.2) is 41.8 Å². The number of carboxylic acid groups (broad SMARTS) is 1. The van der Waals surface area contributed by atoms with E-state index in [4.69, 9.17) is 16.3 Å². The molecule has 0 saturated carbocycles. The number of hydrogen-bond donors (Lipinski definition) is 1. The summed E-state index contributed by atoms with van der Waals surface area (Å²) in [5, 5.41) is 10.0. The van der Waals surface area contributed by atoms with Crippen molar-refractivity contribution in [3.63, 3.8) is 0 Å². The van der Waals surface area contributed by atoms with E-state index in [1.54, 1.807) is 0 Å². The molecule has 0 aromatic heterocycles. The Balaban J connectivity index is 2.24. The van der Waals surface area contributed by atoms with Gasteiger partial charge in [-0.1, -0.05) is 36.7 Å². The fraction of sp³-hybridized carbons (Fsp3) is 0.533. The first-order chi connectivity index (χ1) is 9.56. The molecule has 1 aromatic rings. The van der Waals surface area contributed by atoms with Gasteiger partial charge in [-0.05, 0) is 25.1 Å². The highest BCUT2D eigenvalue weighted by Gasteiger charge is 2.39. The zero-order chi connectivity index (χ0) is 14.7. The summed E-state index contributed by atoms with van der Waals surface area (Å²) >= 11 is 6.25. The highest BCUT2D eigenvalue weighted by Crippen LogP contribution is 2.32. The summed E-state index contributed by atoms with van der Waals surface area (Å²) in [6.07, 6.45) is 0. The quantitative estimate of drug-likeness (QED) is 0.908. The van der Waals surface area contributed by atoms with E-state index in [1.165, 1.54) is 0 Å². The molecule has 1 saturated heterocycles. The van der Waals surface area contributed by atoms with Crippen molar-refractivity contribution in [1.29, 1.82) is 0 Å². The van der Waals surface area contributed by atoms with E-state index in [1.807, 2.05) is 31.2 Å². The summed E-state index contributed by atoms with van der Waals surface area (Å²) in [4.78, 5) is 13.5. The monoisotopic (exact) mass is 297 g/mol. The molecule has 1 N–H and O–H groups in total. The predicted molar refractivity (Wildman–Crippen MR) is 78.0 cm³/mol. The van der Waals surface area contributed by atoms with Crippen LogP contribution in [0, 0.1) is 5.92 Å². The molecule has 0 amide bonds. The average Bonchev–Trinajstić information content (AvgIpc) is 2.89. The van der Waals surface area contributed by atoms with Crippen LogP contribution in [0.5, 0.6) is 0 Å². The summed E-state index contributed by atoms with van der Waals surface area (Å²) in [6.45, 7) is 5.59. The maximum absolute atomic E-state index is 11.3. The number of benzene rings is 1. The van der Waals surface area contributed by atoms with E-state index in [2.05, 4.69) is 11.8 Å². The lowest BCUT2D eigenvalue weighted by Crippen LogP contribution is -2.44. The summed E-state index contributed by atoms with van der Waals surface area (Å²) in [6, 6.07) is 7.65. The van der Waals surface area contributed by atoms with Crippen molar-refractivity contribution in [1.82, 2.24) is 4.90 Å². The number of hydrogen-bond acceptors (Lipinski definition) is 3. The lowest BCUT2D eigenvalue weighted by molar-refractivity contribution is -0.143. The topological polar surface area (TPSA) is 49.8 Å². The van der Waals surface area contributed by atoms with E-state index in [0.29, 0.717) is 11.6 Å². The number of rotatable bonds is 5. The second-order valence-corrected chi connectivity index (χ2v) is 5.48. The van der Waals surface area contributed by atoms with Crippen LogP contribution < -0.4 is 0 Å². The molecule has 5 heteroatoms. The number of aliphatic carboxylic acids is 1. The molecule has 0 bridgehead atoms. The van der Waals surface area contributed by atoms with Gasteiger partial charge in [0.1, 0.15) is 0 Å². The van der Waals surface area contributed by atoms with Crippen LogP contribution in [0.25, 0.3) is 0 Å². The fourth-order valence-electron chi connectivity index (χ4n) is 2.89. The van der Waals surface area contributed by atoms with E-state index in [0.717, 1.165) is 12.1 Å². The van der Waals surface area contributed by atoms with Gasteiger partial charge in [0, 0.05) is 17.1 Å². The minimum atomic E-state index is -0.794. The van der Waals surface area contributed by atoms with Gasteiger partial charge in [-0.3, -0.25) is 9.69 Å². The molecular weight excluding hydrogens is 278 g/mol. The van der Waals surface area contributed by atoms with Crippen LogP contribution in [-0.2, 0) is 9.53 Å². The van der Waals surface area contributed by atoms with Crippen molar-refractivity contribution in [3.05, 3.63) is 34.9 Å². The SMILES string of the molecule is CCN(C(C)c1ccccc1Cl)C1COCC1C(=O)O. The molecule has 4 nitrogen and oxygen atoms in total. The van der Waals surface area contributed by atoms with Gasteiger partial charge in [-0.15, -0.1) is 0 Å². The maximum atomic E-state index is 11.3. The predicted octanol–water partition coefficient (Wildman–Crippen LogP) is 2.82. The first kappa shape index (κ1) is 15.3. The van der Waals surface area contributed by atoms with Crippen molar-refractivity contribution in [2.24, 2.45) is 5.92 Å². The van der Waals surface area contributed by atoms with E-state index < -0.39 is 11.9 Å². The normalized spacial score (nSPS) is 24.0. The Bertz CT molecular complexity index is 480. The van der Waals surface area contributed by atoms with Gasteiger partial charge < -0.3 is 9.84 Å². The Morgan fingerprint density at radius 3 is 2.80 bits per heavy atom. The van der Waals surface area contributed by atoms with Crippen LogP contribution >= 0.6 is 11.6 Å². The Labute approximate surface area is 124 Å². The second kappa shape index (κ2) is 6.57. The van der Waals surface area contributed by atoms with Gasteiger partial charge in [0.25, 0.3) is 0 Å². The molecular formula is C15H20ClNO3. The van der Waals surface area contributed by atoms with Crippen molar-refractivity contribution in [2.45, 2.75) is 25.9 Å². The van der Waals surface area contributed by atoms with Crippen molar-refractivity contribution in [3.8, 4) is 0 Å². The summed E-state index contributed by atoms with van der Waals surface area (Å²) in [5.74, 6) is -1.27. The molecule has 0 radical (unpaired) electrons. The number of ether oxygens (including phenoxy) is 1. The molecule has 1 heterocycles. The van der Waals surface area contributed by atoms with Crippen LogP contribution in [0.3, 0.4) is 0 Å². The third kappa shape index (κ3) is 2.97. The Morgan fingerprint density at radius 2 is 2.20 bits per heavy atom. The first-order valence-corrected chi connectivity index (χ1v) is 7.24. The Morgan fingerprint density at radius 1 is 1.50 bits per heavy atom. The zero-order valence-electron chi connectivity index (χ0n) is 11.8. The van der Waals surface area contributed by atoms with Crippen LogP contribution in [0.1, 0.15) is 25.5 Å². The summed E-state index contributed by atoms with van der Waals surface area (Å²) in [7, 11) is 0. The third-order valence-electron chi connectivity index (χ3n) is 4.01. The fourth-order valence-corrected chi connectivity index (χ4v) is 3.19. The molecule has 0 aliphatic carbocycles. The molecule has 1 fully saturated rings. The third-order valence-corrected chi connectivity index (χ3v) is 4.36. The first-order valence-electron chi connectivity index (χ1n) is 6.87. The maximum Gasteiger partial charge on any atom is 0.310 e. The lowest BCUT2D eigenvalue weighted by Gasteiger charge is -2.35. The van der Waals surface area contributed by atoms with Gasteiger partial charge in [-0.2, -0.15) is 0 Å². The van der Waals surface area contributed by atoms with E-state index in [9.17, 15) is 9.90 Å². The van der Waals surface area contributed by atoms with E-state index >= 15 is 0 Å². The van der Waals surface area contributed by atoms with Gasteiger partial charge in [0.15, 0.2) is 0 Å². The molecule has 3 unspecified atom stereocenters. The van der Waals surface area contributed by atoms with Crippen molar-refractivity contribution < 1.29 is 14.6 Å². The number of carbonyl (C=O) groups is 1. The number of likely N-dealkylation sites (N-methyl/N-ethyl adjacent to an activating group) is 1. The largest absolute Gasteiger partial charge is 0.481 e. The van der Waals surface area contributed by atoms with Crippen LogP contribution in [0.4, 0.5) is 0 Å². The highest BCUT2D eigenvalue weighted by molar-refractivity contribution is 6.31. The second-order valence-electron chi connectivity index (χ2n) is 5.08. The lowest BCUT2D eigenvalue weighted by atomic mass is 9.98. The van der Waals surface area contributed by atoms with E-state index in [-0.39, 0.29) is 18.7 Å². The Kier molecular flexibility index (Phi) is 5.02. The molecule has 110 valence electrons. The molecule has 1 aromatic carbocycles. The molecule has 20 heavy (non-hydrogen) atoms. The smallest absolute Gasteiger partial charge is 0.310 e. The highest BCUT2D eigenvalue weighted by atomic mass is 35.5. The summed E-state index contributed by atoms with van der Waals surface area (Å²) in [5.41, 5.74) is 1.02. The number of nitrogens with zero attached hydrogens (tertiary/aromatic N) is 1. The molecule has 2 rings (SSSR count). The Hall–Kier alpha value is -1.10. The number of carboxylic acids is 1. The number of halogens is 1. The van der Waals surface area contributed by atoms with Gasteiger partial charge in [0.2, 0.25) is 0 Å². The van der Waals surface area contributed by atoms with Crippen molar-refractivity contribution >= 4 is 17.6 Å². The van der Waals surface area contributed by atoms with Crippen molar-refractivity contribution in [2.75, 3.05) is 19.8 Å². The van der Waals surface area contributed by atoms with Crippen LogP contribution in [0.2, 0.25) is 5.02 Å². The van der Waals surface area contributed by atoms with Gasteiger partial charge >= 0.3 is 5.97 Å². The minimum absolute atomic E-state index is 0.0576.